The van der Waals surface area contributed by atoms with Crippen LogP contribution in [0.15, 0.2) is 39.7 Å². The molecular weight excluding hydrogens is 483 g/mol. The number of carbonyl (C=O) groups is 1. The number of piperidine rings is 1. The number of sulfonamides is 1. The number of halogens is 2. The van der Waals surface area contributed by atoms with Crippen molar-refractivity contribution < 1.29 is 17.6 Å². The Balaban J connectivity index is 1.75. The van der Waals surface area contributed by atoms with Gasteiger partial charge in [-0.05, 0) is 49.6 Å². The highest BCUT2D eigenvalue weighted by Crippen LogP contribution is 2.30. The molecule has 1 aliphatic heterocycles. The maximum atomic E-state index is 14.5. The Kier molecular flexibility index (Phi) is 5.54. The molecule has 1 aliphatic rings. The standard InChI is InChI=1S/C18H16BrFN4O3S2/c19-11-4-5-12(18(25)24-8-2-1-3-9-24)15(10-11)23-29(26,27)17-13(20)6-7-14-16(17)22-28-21-14/h4-7,10,23H,1-3,8-9H2. The van der Waals surface area contributed by atoms with Crippen molar-refractivity contribution in [2.75, 3.05) is 17.8 Å². The number of rotatable bonds is 4. The van der Waals surface area contributed by atoms with E-state index >= 15 is 0 Å². The summed E-state index contributed by atoms with van der Waals surface area (Å²) in [6.45, 7) is 1.25. The molecule has 0 radical (unpaired) electrons. The minimum atomic E-state index is -4.36. The van der Waals surface area contributed by atoms with E-state index in [1.165, 1.54) is 12.1 Å². The van der Waals surface area contributed by atoms with Crippen molar-refractivity contribution in [2.45, 2.75) is 24.2 Å². The number of amides is 1. The van der Waals surface area contributed by atoms with Crippen molar-refractivity contribution in [3.8, 4) is 0 Å². The van der Waals surface area contributed by atoms with Gasteiger partial charge in [0.2, 0.25) is 0 Å². The Morgan fingerprint density at radius 1 is 1.14 bits per heavy atom. The van der Waals surface area contributed by atoms with Crippen LogP contribution in [0.1, 0.15) is 29.6 Å². The van der Waals surface area contributed by atoms with Crippen molar-refractivity contribution in [1.29, 1.82) is 0 Å². The summed E-state index contributed by atoms with van der Waals surface area (Å²) in [6.07, 6.45) is 2.88. The second-order valence-electron chi connectivity index (χ2n) is 6.66. The number of nitrogens with one attached hydrogen (secondary N) is 1. The van der Waals surface area contributed by atoms with Crippen molar-refractivity contribution in [1.82, 2.24) is 13.6 Å². The van der Waals surface area contributed by atoms with Gasteiger partial charge >= 0.3 is 0 Å². The first kappa shape index (κ1) is 20.2. The summed E-state index contributed by atoms with van der Waals surface area (Å²) in [6, 6.07) is 7.13. The maximum Gasteiger partial charge on any atom is 0.267 e. The first-order valence-corrected chi connectivity index (χ1v) is 11.9. The van der Waals surface area contributed by atoms with E-state index in [1.54, 1.807) is 17.0 Å². The zero-order chi connectivity index (χ0) is 20.6. The van der Waals surface area contributed by atoms with Crippen LogP contribution >= 0.6 is 27.7 Å². The SMILES string of the molecule is O=C(c1ccc(Br)cc1NS(=O)(=O)c1c(F)ccc2nsnc12)N1CCCCC1. The topological polar surface area (TPSA) is 92.3 Å². The summed E-state index contributed by atoms with van der Waals surface area (Å²) < 4.78 is 51.4. The third-order valence-electron chi connectivity index (χ3n) is 4.70. The first-order valence-electron chi connectivity index (χ1n) is 8.89. The van der Waals surface area contributed by atoms with E-state index in [0.29, 0.717) is 17.6 Å². The summed E-state index contributed by atoms with van der Waals surface area (Å²) in [5, 5.41) is 0. The fourth-order valence-electron chi connectivity index (χ4n) is 3.31. The van der Waals surface area contributed by atoms with Crippen LogP contribution in [0, 0.1) is 5.82 Å². The van der Waals surface area contributed by atoms with Gasteiger partial charge in [0, 0.05) is 17.6 Å². The van der Waals surface area contributed by atoms with Crippen LogP contribution in [-0.2, 0) is 10.0 Å². The van der Waals surface area contributed by atoms with Crippen LogP contribution in [0.5, 0.6) is 0 Å². The van der Waals surface area contributed by atoms with E-state index in [-0.39, 0.29) is 28.2 Å². The molecular formula is C18H16BrFN4O3S2. The van der Waals surface area contributed by atoms with E-state index in [0.717, 1.165) is 37.1 Å². The minimum absolute atomic E-state index is 0.0404. The Morgan fingerprint density at radius 2 is 1.90 bits per heavy atom. The average Bonchev–Trinajstić information content (AvgIpc) is 3.16. The fraction of sp³-hybridized carbons (Fsp3) is 0.278. The predicted octanol–water partition coefficient (Wildman–Crippen LogP) is 4.02. The lowest BCUT2D eigenvalue weighted by molar-refractivity contribution is 0.0725. The van der Waals surface area contributed by atoms with Crippen molar-refractivity contribution in [3.05, 3.63) is 46.2 Å². The van der Waals surface area contributed by atoms with Gasteiger partial charge in [0.25, 0.3) is 15.9 Å². The fourth-order valence-corrected chi connectivity index (χ4v) is 5.56. The van der Waals surface area contributed by atoms with Crippen LogP contribution in [0.25, 0.3) is 11.0 Å². The number of likely N-dealkylation sites (tertiary alicyclic amines) is 1. The largest absolute Gasteiger partial charge is 0.339 e. The van der Waals surface area contributed by atoms with Gasteiger partial charge in [-0.15, -0.1) is 0 Å². The van der Waals surface area contributed by atoms with Crippen LogP contribution in [-0.4, -0.2) is 41.1 Å². The number of nitrogens with zero attached hydrogens (tertiary/aromatic N) is 3. The third kappa shape index (κ3) is 3.99. The summed E-state index contributed by atoms with van der Waals surface area (Å²) in [4.78, 5) is 14.1. The molecule has 11 heteroatoms. The number of carbonyl (C=O) groups excluding carboxylic acids is 1. The van der Waals surface area contributed by atoms with Gasteiger partial charge in [0.15, 0.2) is 4.90 Å². The molecule has 4 rings (SSSR count). The summed E-state index contributed by atoms with van der Waals surface area (Å²) in [5.74, 6) is -1.19. The Hall–Kier alpha value is -2.11. The van der Waals surface area contributed by atoms with Crippen LogP contribution in [0.4, 0.5) is 10.1 Å². The van der Waals surface area contributed by atoms with Crippen LogP contribution < -0.4 is 4.72 Å². The van der Waals surface area contributed by atoms with Gasteiger partial charge in [-0.3, -0.25) is 9.52 Å². The molecule has 2 aromatic carbocycles. The van der Waals surface area contributed by atoms with Crippen molar-refractivity contribution >= 4 is 60.3 Å². The minimum Gasteiger partial charge on any atom is -0.339 e. The Bertz CT molecular complexity index is 1190. The molecule has 3 aromatic rings. The molecule has 1 fully saturated rings. The molecule has 1 N–H and O–H groups in total. The number of fused-ring (bicyclic) bond motifs is 1. The quantitative estimate of drug-likeness (QED) is 0.586. The molecule has 0 atom stereocenters. The van der Waals surface area contributed by atoms with Crippen molar-refractivity contribution in [2.24, 2.45) is 0 Å². The second kappa shape index (κ2) is 7.96. The van der Waals surface area contributed by atoms with Gasteiger partial charge < -0.3 is 4.90 Å². The predicted molar refractivity (Wildman–Crippen MR) is 112 cm³/mol. The van der Waals surface area contributed by atoms with Crippen LogP contribution in [0.3, 0.4) is 0 Å². The monoisotopic (exact) mass is 498 g/mol. The number of hydrogen-bond acceptors (Lipinski definition) is 6. The van der Waals surface area contributed by atoms with E-state index in [9.17, 15) is 17.6 Å². The van der Waals surface area contributed by atoms with Gasteiger partial charge in [-0.1, -0.05) is 15.9 Å². The smallest absolute Gasteiger partial charge is 0.267 e. The number of hydrogen-bond donors (Lipinski definition) is 1. The first-order chi connectivity index (χ1) is 13.9. The number of aromatic nitrogens is 2. The van der Waals surface area contributed by atoms with Gasteiger partial charge in [0.05, 0.1) is 23.0 Å². The molecule has 7 nitrogen and oxygen atoms in total. The highest BCUT2D eigenvalue weighted by Gasteiger charge is 2.28. The zero-order valence-electron chi connectivity index (χ0n) is 15.1. The highest BCUT2D eigenvalue weighted by atomic mass is 79.9. The second-order valence-corrected chi connectivity index (χ2v) is 9.72. The zero-order valence-corrected chi connectivity index (χ0v) is 18.3. The lowest BCUT2D eigenvalue weighted by Crippen LogP contribution is -2.36. The molecule has 152 valence electrons. The molecule has 1 amide bonds. The van der Waals surface area contributed by atoms with Gasteiger partial charge in [-0.25, -0.2) is 12.8 Å². The molecule has 0 spiro atoms. The number of anilines is 1. The third-order valence-corrected chi connectivity index (χ3v) is 7.15. The normalized spacial score (nSPS) is 14.9. The summed E-state index contributed by atoms with van der Waals surface area (Å²) >= 11 is 4.10. The van der Waals surface area contributed by atoms with Gasteiger partial charge in [0.1, 0.15) is 16.9 Å². The Labute approximate surface area is 179 Å². The molecule has 1 saturated heterocycles. The molecule has 0 unspecified atom stereocenters. The molecule has 0 bridgehead atoms. The lowest BCUT2D eigenvalue weighted by Gasteiger charge is -2.27. The molecule has 0 aliphatic carbocycles. The molecule has 1 aromatic heterocycles. The molecule has 2 heterocycles. The molecule has 29 heavy (non-hydrogen) atoms. The van der Waals surface area contributed by atoms with Crippen molar-refractivity contribution in [3.63, 3.8) is 0 Å². The maximum absolute atomic E-state index is 14.5. The lowest BCUT2D eigenvalue weighted by atomic mass is 10.1. The summed E-state index contributed by atoms with van der Waals surface area (Å²) in [7, 11) is -4.36. The van der Waals surface area contributed by atoms with E-state index in [1.807, 2.05) is 0 Å². The summed E-state index contributed by atoms with van der Waals surface area (Å²) in [5.41, 5.74) is 0.536. The highest BCUT2D eigenvalue weighted by molar-refractivity contribution is 9.10. The van der Waals surface area contributed by atoms with Gasteiger partial charge in [-0.2, -0.15) is 8.75 Å². The van der Waals surface area contributed by atoms with Crippen LogP contribution in [0.2, 0.25) is 0 Å². The van der Waals surface area contributed by atoms with E-state index in [2.05, 4.69) is 29.4 Å². The van der Waals surface area contributed by atoms with E-state index < -0.39 is 20.7 Å². The number of benzene rings is 2. The van der Waals surface area contributed by atoms with E-state index in [4.69, 9.17) is 0 Å². The molecule has 0 saturated carbocycles. The Morgan fingerprint density at radius 3 is 2.66 bits per heavy atom. The average molecular weight is 499 g/mol.